The molecule has 0 aliphatic heterocycles. The third-order valence-electron chi connectivity index (χ3n) is 3.92. The molecule has 0 radical (unpaired) electrons. The summed E-state index contributed by atoms with van der Waals surface area (Å²) in [7, 11) is 0. The van der Waals surface area contributed by atoms with E-state index >= 15 is 0 Å². The second-order valence-corrected chi connectivity index (χ2v) is 7.21. The van der Waals surface area contributed by atoms with Crippen molar-refractivity contribution in [1.29, 1.82) is 0 Å². The minimum absolute atomic E-state index is 0.237. The van der Waals surface area contributed by atoms with Crippen molar-refractivity contribution < 1.29 is 13.9 Å². The Labute approximate surface area is 177 Å². The smallest absolute Gasteiger partial charge is 0.257 e. The number of nitrogens with one attached hydrogen (secondary N) is 2. The Balaban J connectivity index is 1.49. The fraction of sp³-hybridized carbons (Fsp3) is 0.143. The van der Waals surface area contributed by atoms with E-state index in [-0.39, 0.29) is 11.0 Å². The number of hydrogen-bond acceptors (Lipinski definition) is 4. The molecule has 28 heavy (non-hydrogen) atoms. The fourth-order valence-corrected chi connectivity index (χ4v) is 3.14. The molecular formula is C21H19BrN2O3S. The highest BCUT2D eigenvalue weighted by atomic mass is 79.9. The summed E-state index contributed by atoms with van der Waals surface area (Å²) >= 11 is 8.60. The first kappa shape index (κ1) is 20.1. The zero-order valence-corrected chi connectivity index (χ0v) is 17.4. The van der Waals surface area contributed by atoms with Crippen LogP contribution in [0.4, 0.5) is 0 Å². The minimum Gasteiger partial charge on any atom is -0.492 e. The van der Waals surface area contributed by atoms with Gasteiger partial charge in [-0.25, -0.2) is 0 Å². The molecule has 0 saturated heterocycles. The van der Waals surface area contributed by atoms with Crippen LogP contribution in [0.25, 0.3) is 0 Å². The maximum atomic E-state index is 12.4. The molecule has 7 heteroatoms. The summed E-state index contributed by atoms with van der Waals surface area (Å²) in [5.74, 6) is 1.12. The molecule has 0 spiro atoms. The van der Waals surface area contributed by atoms with Gasteiger partial charge in [-0.15, -0.1) is 0 Å². The van der Waals surface area contributed by atoms with Crippen molar-refractivity contribution in [2.24, 2.45) is 0 Å². The summed E-state index contributed by atoms with van der Waals surface area (Å²) in [6, 6.07) is 18.9. The second-order valence-electron chi connectivity index (χ2n) is 5.95. The predicted molar refractivity (Wildman–Crippen MR) is 115 cm³/mol. The third kappa shape index (κ3) is 5.94. The normalized spacial score (nSPS) is 10.3. The van der Waals surface area contributed by atoms with Crippen molar-refractivity contribution >= 4 is 39.2 Å². The van der Waals surface area contributed by atoms with Gasteiger partial charge in [0.2, 0.25) is 0 Å². The molecule has 144 valence electrons. The van der Waals surface area contributed by atoms with Gasteiger partial charge in [-0.05, 0) is 64.0 Å². The van der Waals surface area contributed by atoms with E-state index in [1.165, 1.54) is 5.56 Å². The Morgan fingerprint density at radius 2 is 1.93 bits per heavy atom. The van der Waals surface area contributed by atoms with Crippen LogP contribution in [0.15, 0.2) is 75.8 Å². The third-order valence-corrected chi connectivity index (χ3v) is 4.78. The summed E-state index contributed by atoms with van der Waals surface area (Å²) in [5, 5.41) is 5.81. The van der Waals surface area contributed by atoms with Crippen LogP contribution in [0.5, 0.6) is 5.75 Å². The molecule has 3 rings (SSSR count). The molecule has 0 atom stereocenters. The van der Waals surface area contributed by atoms with E-state index in [0.717, 1.165) is 12.2 Å². The summed E-state index contributed by atoms with van der Waals surface area (Å²) < 4.78 is 11.7. The Bertz CT molecular complexity index is 930. The lowest BCUT2D eigenvalue weighted by molar-refractivity contribution is 0.0976. The van der Waals surface area contributed by atoms with E-state index in [1.54, 1.807) is 30.5 Å². The van der Waals surface area contributed by atoms with Crippen molar-refractivity contribution in [3.05, 3.63) is 88.3 Å². The van der Waals surface area contributed by atoms with Crippen LogP contribution in [-0.2, 0) is 13.0 Å². The van der Waals surface area contributed by atoms with E-state index in [2.05, 4.69) is 38.7 Å². The van der Waals surface area contributed by atoms with Gasteiger partial charge in [0.1, 0.15) is 11.5 Å². The summed E-state index contributed by atoms with van der Waals surface area (Å²) in [6.45, 7) is 0.957. The van der Waals surface area contributed by atoms with Crippen LogP contribution in [0.3, 0.4) is 0 Å². The fourth-order valence-electron chi connectivity index (χ4n) is 2.48. The molecule has 0 aliphatic carbocycles. The maximum absolute atomic E-state index is 12.4. The first-order chi connectivity index (χ1) is 13.6. The van der Waals surface area contributed by atoms with Crippen molar-refractivity contribution in [3.63, 3.8) is 0 Å². The van der Waals surface area contributed by atoms with Crippen molar-refractivity contribution in [3.8, 4) is 5.75 Å². The van der Waals surface area contributed by atoms with Crippen LogP contribution in [-0.4, -0.2) is 17.6 Å². The van der Waals surface area contributed by atoms with Gasteiger partial charge in [-0.3, -0.25) is 10.1 Å². The van der Waals surface area contributed by atoms with E-state index in [9.17, 15) is 4.79 Å². The molecule has 2 aromatic carbocycles. The number of furan rings is 1. The van der Waals surface area contributed by atoms with E-state index in [1.807, 2.05) is 24.3 Å². The summed E-state index contributed by atoms with van der Waals surface area (Å²) in [6.07, 6.45) is 2.39. The minimum atomic E-state index is -0.298. The quantitative estimate of drug-likeness (QED) is 0.511. The SMILES string of the molecule is O=C(NC(=S)NCc1ccco1)c1ccc(OCCc2ccccc2)c(Br)c1. The lowest BCUT2D eigenvalue weighted by Gasteiger charge is -2.11. The predicted octanol–water partition coefficient (Wildman–Crippen LogP) is 4.47. The molecule has 0 bridgehead atoms. The van der Waals surface area contributed by atoms with Crippen molar-refractivity contribution in [1.82, 2.24) is 10.6 Å². The van der Waals surface area contributed by atoms with E-state index in [4.69, 9.17) is 21.4 Å². The number of carbonyl (C=O) groups is 1. The Hall–Kier alpha value is -2.64. The molecule has 1 amide bonds. The number of rotatable bonds is 7. The molecule has 5 nitrogen and oxygen atoms in total. The Kier molecular flexibility index (Phi) is 7.22. The zero-order chi connectivity index (χ0) is 19.8. The first-order valence-electron chi connectivity index (χ1n) is 8.69. The van der Waals surface area contributed by atoms with Gasteiger partial charge < -0.3 is 14.5 Å². The van der Waals surface area contributed by atoms with Gasteiger partial charge in [0.25, 0.3) is 5.91 Å². The average Bonchev–Trinajstić information content (AvgIpc) is 3.22. The zero-order valence-electron chi connectivity index (χ0n) is 15.0. The molecule has 0 unspecified atom stereocenters. The van der Waals surface area contributed by atoms with Crippen LogP contribution in [0.2, 0.25) is 0 Å². The number of carbonyl (C=O) groups excluding carboxylic acids is 1. The highest BCUT2D eigenvalue weighted by Gasteiger charge is 2.11. The molecule has 0 saturated carbocycles. The Morgan fingerprint density at radius 1 is 1.11 bits per heavy atom. The van der Waals surface area contributed by atoms with Gasteiger partial charge in [-0.1, -0.05) is 30.3 Å². The van der Waals surface area contributed by atoms with Crippen molar-refractivity contribution in [2.45, 2.75) is 13.0 Å². The number of benzene rings is 2. The van der Waals surface area contributed by atoms with Crippen LogP contribution < -0.4 is 15.4 Å². The number of hydrogen-bond donors (Lipinski definition) is 2. The topological polar surface area (TPSA) is 63.5 Å². The molecule has 0 fully saturated rings. The molecule has 0 aliphatic rings. The van der Waals surface area contributed by atoms with E-state index in [0.29, 0.717) is 28.9 Å². The van der Waals surface area contributed by atoms with Gasteiger partial charge in [0.05, 0.1) is 23.9 Å². The number of thiocarbonyl (C=S) groups is 1. The van der Waals surface area contributed by atoms with E-state index < -0.39 is 0 Å². The standard InChI is InChI=1S/C21H19BrN2O3S/c22-18-13-16(20(25)24-21(28)23-14-17-7-4-11-26-17)8-9-19(18)27-12-10-15-5-2-1-3-6-15/h1-9,11,13H,10,12,14H2,(H2,23,24,25,28). The lowest BCUT2D eigenvalue weighted by Crippen LogP contribution is -2.38. The van der Waals surface area contributed by atoms with Gasteiger partial charge in [0, 0.05) is 12.0 Å². The van der Waals surface area contributed by atoms with Crippen LogP contribution in [0.1, 0.15) is 21.7 Å². The highest BCUT2D eigenvalue weighted by Crippen LogP contribution is 2.26. The highest BCUT2D eigenvalue weighted by molar-refractivity contribution is 9.10. The summed E-state index contributed by atoms with van der Waals surface area (Å²) in [5.41, 5.74) is 1.69. The van der Waals surface area contributed by atoms with Crippen LogP contribution >= 0.6 is 28.1 Å². The van der Waals surface area contributed by atoms with Crippen molar-refractivity contribution in [2.75, 3.05) is 6.61 Å². The van der Waals surface area contributed by atoms with Gasteiger partial charge in [-0.2, -0.15) is 0 Å². The molecule has 1 aromatic heterocycles. The average molecular weight is 459 g/mol. The maximum Gasteiger partial charge on any atom is 0.257 e. The molecule has 1 heterocycles. The lowest BCUT2D eigenvalue weighted by atomic mass is 10.2. The number of ether oxygens (including phenoxy) is 1. The molecule has 3 aromatic rings. The summed E-state index contributed by atoms with van der Waals surface area (Å²) in [4.78, 5) is 12.4. The largest absolute Gasteiger partial charge is 0.492 e. The molecular weight excluding hydrogens is 440 g/mol. The van der Waals surface area contributed by atoms with Gasteiger partial charge in [0.15, 0.2) is 5.11 Å². The second kappa shape index (κ2) is 10.1. The number of halogens is 1. The Morgan fingerprint density at radius 3 is 2.64 bits per heavy atom. The van der Waals surface area contributed by atoms with Gasteiger partial charge >= 0.3 is 0 Å². The number of amides is 1. The monoisotopic (exact) mass is 458 g/mol. The molecule has 2 N–H and O–H groups in total. The van der Waals surface area contributed by atoms with Crippen LogP contribution in [0, 0.1) is 0 Å². The first-order valence-corrected chi connectivity index (χ1v) is 9.90.